The number of piperazine rings is 1. The molecular formula is C13H18N4O2. The van der Waals surface area contributed by atoms with E-state index >= 15 is 0 Å². The molecule has 1 fully saturated rings. The topological polar surface area (TPSA) is 88.3 Å². The summed E-state index contributed by atoms with van der Waals surface area (Å²) in [5.74, 6) is -0.308. The molecule has 1 saturated heterocycles. The van der Waals surface area contributed by atoms with Crippen LogP contribution in [0.5, 0.6) is 0 Å². The third kappa shape index (κ3) is 2.44. The van der Waals surface area contributed by atoms with E-state index in [2.05, 4.69) is 10.3 Å². The van der Waals surface area contributed by atoms with Crippen LogP contribution in [0, 0.1) is 0 Å². The smallest absolute Gasteiger partial charge is 0.254 e. The maximum Gasteiger partial charge on any atom is 0.254 e. The number of carbonyl (C=O) groups is 2. The molecule has 0 aliphatic carbocycles. The van der Waals surface area contributed by atoms with Crippen LogP contribution in [0.25, 0.3) is 0 Å². The highest BCUT2D eigenvalue weighted by Gasteiger charge is 2.40. The number of rotatable bonds is 2. The molecule has 0 atom stereocenters. The molecule has 0 spiro atoms. The average Bonchev–Trinajstić information content (AvgIpc) is 2.41. The molecule has 1 aliphatic heterocycles. The first-order valence-corrected chi connectivity index (χ1v) is 6.22. The summed E-state index contributed by atoms with van der Waals surface area (Å²) >= 11 is 0. The van der Waals surface area contributed by atoms with Gasteiger partial charge in [-0.15, -0.1) is 0 Å². The lowest BCUT2D eigenvalue weighted by molar-refractivity contribution is -0.133. The van der Waals surface area contributed by atoms with Crippen molar-refractivity contribution in [1.82, 2.24) is 15.2 Å². The summed E-state index contributed by atoms with van der Waals surface area (Å²) in [7, 11) is 0. The molecule has 19 heavy (non-hydrogen) atoms. The Labute approximate surface area is 112 Å². The molecule has 0 aromatic carbocycles. The van der Waals surface area contributed by atoms with Crippen LogP contribution in [-0.2, 0) is 11.3 Å². The van der Waals surface area contributed by atoms with E-state index in [0.717, 1.165) is 0 Å². The van der Waals surface area contributed by atoms with Gasteiger partial charge in [0, 0.05) is 31.4 Å². The van der Waals surface area contributed by atoms with Gasteiger partial charge in [0.25, 0.3) is 5.91 Å². The average molecular weight is 262 g/mol. The van der Waals surface area contributed by atoms with Crippen LogP contribution in [0.2, 0.25) is 0 Å². The molecule has 2 amide bonds. The van der Waals surface area contributed by atoms with Crippen LogP contribution in [0.15, 0.2) is 18.3 Å². The molecule has 0 radical (unpaired) electrons. The SMILES string of the molecule is CC1(C)C(=O)NCCN1C(=O)c1ccnc(CN)c1. The fourth-order valence-corrected chi connectivity index (χ4v) is 2.13. The molecule has 6 nitrogen and oxygen atoms in total. The third-order valence-electron chi connectivity index (χ3n) is 3.37. The van der Waals surface area contributed by atoms with E-state index in [1.165, 1.54) is 0 Å². The molecule has 3 N–H and O–H groups in total. The first-order valence-electron chi connectivity index (χ1n) is 6.22. The summed E-state index contributed by atoms with van der Waals surface area (Å²) in [6.07, 6.45) is 1.56. The van der Waals surface area contributed by atoms with E-state index in [4.69, 9.17) is 5.73 Å². The molecule has 0 unspecified atom stereocenters. The Morgan fingerprint density at radius 3 is 3.00 bits per heavy atom. The zero-order chi connectivity index (χ0) is 14.0. The zero-order valence-electron chi connectivity index (χ0n) is 11.1. The Hall–Kier alpha value is -1.95. The molecule has 6 heteroatoms. The Morgan fingerprint density at radius 1 is 1.58 bits per heavy atom. The summed E-state index contributed by atoms with van der Waals surface area (Å²) in [5.41, 5.74) is 5.85. The van der Waals surface area contributed by atoms with Gasteiger partial charge in [-0.05, 0) is 26.0 Å². The predicted octanol–water partition coefficient (Wildman–Crippen LogP) is -0.109. The zero-order valence-corrected chi connectivity index (χ0v) is 11.1. The summed E-state index contributed by atoms with van der Waals surface area (Å²) in [6, 6.07) is 3.31. The van der Waals surface area contributed by atoms with Crippen molar-refractivity contribution < 1.29 is 9.59 Å². The monoisotopic (exact) mass is 262 g/mol. The van der Waals surface area contributed by atoms with Crippen LogP contribution in [0.4, 0.5) is 0 Å². The largest absolute Gasteiger partial charge is 0.352 e. The number of aromatic nitrogens is 1. The normalized spacial score (nSPS) is 18.1. The molecule has 102 valence electrons. The van der Waals surface area contributed by atoms with E-state index in [9.17, 15) is 9.59 Å². The molecule has 0 saturated carbocycles. The predicted molar refractivity (Wildman–Crippen MR) is 70.3 cm³/mol. The molecule has 1 aromatic rings. The lowest BCUT2D eigenvalue weighted by Gasteiger charge is -2.41. The quantitative estimate of drug-likeness (QED) is 0.778. The van der Waals surface area contributed by atoms with Crippen molar-refractivity contribution in [2.45, 2.75) is 25.9 Å². The van der Waals surface area contributed by atoms with Crippen molar-refractivity contribution in [1.29, 1.82) is 0 Å². The summed E-state index contributed by atoms with van der Waals surface area (Å²) < 4.78 is 0. The molecule has 1 aromatic heterocycles. The first kappa shape index (κ1) is 13.5. The molecule has 0 bridgehead atoms. The highest BCUT2D eigenvalue weighted by Crippen LogP contribution is 2.20. The third-order valence-corrected chi connectivity index (χ3v) is 3.37. The van der Waals surface area contributed by atoms with Gasteiger partial charge >= 0.3 is 0 Å². The van der Waals surface area contributed by atoms with Crippen LogP contribution in [-0.4, -0.2) is 40.3 Å². The van der Waals surface area contributed by atoms with Gasteiger partial charge in [0.1, 0.15) is 5.54 Å². The number of hydrogen-bond donors (Lipinski definition) is 2. The van der Waals surface area contributed by atoms with E-state index in [-0.39, 0.29) is 18.4 Å². The lowest BCUT2D eigenvalue weighted by atomic mass is 9.97. The Bertz CT molecular complexity index is 513. The van der Waals surface area contributed by atoms with Gasteiger partial charge in [0.15, 0.2) is 0 Å². The maximum atomic E-state index is 12.5. The second-order valence-corrected chi connectivity index (χ2v) is 5.01. The van der Waals surface area contributed by atoms with E-state index in [1.807, 2.05) is 0 Å². The number of nitrogens with one attached hydrogen (secondary N) is 1. The van der Waals surface area contributed by atoms with Crippen LogP contribution in [0.1, 0.15) is 29.9 Å². The summed E-state index contributed by atoms with van der Waals surface area (Å²) in [5, 5.41) is 2.77. The summed E-state index contributed by atoms with van der Waals surface area (Å²) in [4.78, 5) is 30.0. The van der Waals surface area contributed by atoms with Crippen molar-refractivity contribution in [3.63, 3.8) is 0 Å². The van der Waals surface area contributed by atoms with Crippen molar-refractivity contribution in [2.75, 3.05) is 13.1 Å². The minimum Gasteiger partial charge on any atom is -0.352 e. The van der Waals surface area contributed by atoms with Gasteiger partial charge in [-0.2, -0.15) is 0 Å². The highest BCUT2D eigenvalue weighted by atomic mass is 16.2. The van der Waals surface area contributed by atoms with Crippen molar-refractivity contribution >= 4 is 11.8 Å². The van der Waals surface area contributed by atoms with Crippen LogP contribution >= 0.6 is 0 Å². The number of pyridine rings is 1. The lowest BCUT2D eigenvalue weighted by Crippen LogP contribution is -2.63. The first-order chi connectivity index (χ1) is 8.96. The van der Waals surface area contributed by atoms with E-state index < -0.39 is 5.54 Å². The van der Waals surface area contributed by atoms with Gasteiger partial charge in [0.2, 0.25) is 5.91 Å². The number of nitrogens with zero attached hydrogens (tertiary/aromatic N) is 2. The van der Waals surface area contributed by atoms with Gasteiger partial charge < -0.3 is 16.0 Å². The molecule has 2 rings (SSSR count). The van der Waals surface area contributed by atoms with E-state index in [1.54, 1.807) is 37.1 Å². The molecular weight excluding hydrogens is 244 g/mol. The second kappa shape index (κ2) is 4.97. The number of amides is 2. The highest BCUT2D eigenvalue weighted by molar-refractivity contribution is 5.99. The summed E-state index contributed by atoms with van der Waals surface area (Å²) in [6.45, 7) is 4.74. The van der Waals surface area contributed by atoms with Gasteiger partial charge in [-0.1, -0.05) is 0 Å². The minimum atomic E-state index is -0.846. The fraction of sp³-hybridized carbons (Fsp3) is 0.462. The van der Waals surface area contributed by atoms with Gasteiger partial charge in [-0.25, -0.2) is 0 Å². The number of nitrogens with two attached hydrogens (primary N) is 1. The maximum absolute atomic E-state index is 12.5. The van der Waals surface area contributed by atoms with Crippen molar-refractivity contribution in [3.8, 4) is 0 Å². The minimum absolute atomic E-state index is 0.139. The van der Waals surface area contributed by atoms with E-state index in [0.29, 0.717) is 24.3 Å². The molecule has 1 aliphatic rings. The Morgan fingerprint density at radius 2 is 2.32 bits per heavy atom. The number of carbonyl (C=O) groups excluding carboxylic acids is 2. The van der Waals surface area contributed by atoms with Crippen molar-refractivity contribution in [2.24, 2.45) is 5.73 Å². The van der Waals surface area contributed by atoms with Gasteiger partial charge in [-0.3, -0.25) is 14.6 Å². The number of hydrogen-bond acceptors (Lipinski definition) is 4. The second-order valence-electron chi connectivity index (χ2n) is 5.01. The Balaban J connectivity index is 2.30. The fourth-order valence-electron chi connectivity index (χ4n) is 2.13. The molecule has 2 heterocycles. The Kier molecular flexibility index (Phi) is 3.53. The van der Waals surface area contributed by atoms with Crippen molar-refractivity contribution in [3.05, 3.63) is 29.6 Å². The standard InChI is InChI=1S/C13H18N4O2/c1-13(2)12(19)16-5-6-17(13)11(18)9-3-4-15-10(7-9)8-14/h3-4,7H,5-6,8,14H2,1-2H3,(H,16,19). The van der Waals surface area contributed by atoms with Crippen LogP contribution in [0.3, 0.4) is 0 Å². The van der Waals surface area contributed by atoms with Gasteiger partial charge in [0.05, 0.1) is 5.69 Å². The van der Waals surface area contributed by atoms with Crippen LogP contribution < -0.4 is 11.1 Å².